The number of anilines is 2. The molecular formula is C13H8ClN3OS. The van der Waals surface area contributed by atoms with Crippen molar-refractivity contribution in [1.82, 2.24) is 9.97 Å². The van der Waals surface area contributed by atoms with Gasteiger partial charge in [0.25, 0.3) is 5.56 Å². The zero-order valence-corrected chi connectivity index (χ0v) is 11.2. The van der Waals surface area contributed by atoms with Crippen LogP contribution in [0.5, 0.6) is 0 Å². The molecule has 2 heterocycles. The lowest BCUT2D eigenvalue weighted by Crippen LogP contribution is -2.08. The van der Waals surface area contributed by atoms with Crippen LogP contribution in [0.2, 0.25) is 5.02 Å². The molecule has 94 valence electrons. The van der Waals surface area contributed by atoms with Crippen LogP contribution in [0.1, 0.15) is 0 Å². The van der Waals surface area contributed by atoms with E-state index in [0.717, 1.165) is 0 Å². The van der Waals surface area contributed by atoms with Gasteiger partial charge in [-0.1, -0.05) is 35.1 Å². The first kappa shape index (κ1) is 12.1. The number of rotatable bonds is 2. The average molecular weight is 290 g/mol. The lowest BCUT2D eigenvalue weighted by Gasteiger charge is -2.06. The first-order chi connectivity index (χ1) is 9.24. The van der Waals surface area contributed by atoms with Crippen LogP contribution >= 0.6 is 22.9 Å². The number of fused-ring (bicyclic) bond motifs is 1. The summed E-state index contributed by atoms with van der Waals surface area (Å²) in [4.78, 5) is 20.7. The van der Waals surface area contributed by atoms with Gasteiger partial charge in [-0.2, -0.15) is 4.98 Å². The lowest BCUT2D eigenvalue weighted by molar-refractivity contribution is 1.29. The van der Waals surface area contributed by atoms with Crippen molar-refractivity contribution in [1.29, 1.82) is 0 Å². The number of nitrogens with zero attached hydrogens (tertiary/aromatic N) is 2. The first-order valence-corrected chi connectivity index (χ1v) is 6.71. The summed E-state index contributed by atoms with van der Waals surface area (Å²) in [6.45, 7) is 0. The third-order valence-electron chi connectivity index (χ3n) is 2.51. The van der Waals surface area contributed by atoms with Crippen LogP contribution in [0.25, 0.3) is 10.2 Å². The van der Waals surface area contributed by atoms with Crippen LogP contribution in [-0.4, -0.2) is 9.97 Å². The van der Waals surface area contributed by atoms with Gasteiger partial charge in [0.1, 0.15) is 4.83 Å². The van der Waals surface area contributed by atoms with Crippen LogP contribution in [0.15, 0.2) is 47.4 Å². The number of nitrogens with one attached hydrogen (secondary N) is 1. The summed E-state index contributed by atoms with van der Waals surface area (Å²) in [5, 5.41) is 4.62. The Morgan fingerprint density at radius 3 is 2.84 bits per heavy atom. The Morgan fingerprint density at radius 1 is 1.16 bits per heavy atom. The summed E-state index contributed by atoms with van der Waals surface area (Å²) >= 11 is 7.37. The smallest absolute Gasteiger partial charge is 0.282 e. The van der Waals surface area contributed by atoms with E-state index in [1.54, 1.807) is 24.4 Å². The quantitative estimate of drug-likeness (QED) is 0.785. The highest BCUT2D eigenvalue weighted by atomic mass is 35.5. The molecular weight excluding hydrogens is 282 g/mol. The van der Waals surface area contributed by atoms with Gasteiger partial charge in [0.15, 0.2) is 5.13 Å². The monoisotopic (exact) mass is 289 g/mol. The van der Waals surface area contributed by atoms with Gasteiger partial charge in [-0.25, -0.2) is 4.98 Å². The molecule has 0 aliphatic rings. The van der Waals surface area contributed by atoms with Crippen molar-refractivity contribution >= 4 is 44.0 Å². The van der Waals surface area contributed by atoms with Crippen molar-refractivity contribution in [3.05, 3.63) is 58.0 Å². The van der Waals surface area contributed by atoms with Gasteiger partial charge in [-0.15, -0.1) is 0 Å². The van der Waals surface area contributed by atoms with E-state index in [1.165, 1.54) is 11.3 Å². The molecule has 0 atom stereocenters. The molecule has 0 spiro atoms. The maximum absolute atomic E-state index is 11.9. The third kappa shape index (κ3) is 2.43. The Hall–Kier alpha value is -1.98. The van der Waals surface area contributed by atoms with E-state index in [1.807, 2.05) is 18.2 Å². The Bertz CT molecular complexity index is 803. The molecule has 0 aliphatic carbocycles. The highest BCUT2D eigenvalue weighted by Gasteiger charge is 2.06. The fourth-order valence-corrected chi connectivity index (χ4v) is 2.67. The predicted octanol–water partition coefficient (Wildman–Crippen LogP) is 3.45. The summed E-state index contributed by atoms with van der Waals surface area (Å²) in [7, 11) is 0. The molecule has 2 aromatic heterocycles. The standard InChI is InChI=1S/C13H8ClN3OS/c14-9-5-1-2-6-10(9)16-13-17-11(18)8-4-3-7-15-12(8)19-13/h1-7H,(H,16,17,18). The Balaban J connectivity index is 2.07. The number of benzene rings is 1. The molecule has 0 saturated heterocycles. The van der Waals surface area contributed by atoms with E-state index in [9.17, 15) is 4.79 Å². The summed E-state index contributed by atoms with van der Waals surface area (Å²) in [5.74, 6) is 0. The van der Waals surface area contributed by atoms with E-state index in [0.29, 0.717) is 26.1 Å². The fourth-order valence-electron chi connectivity index (χ4n) is 1.63. The summed E-state index contributed by atoms with van der Waals surface area (Å²) in [6, 6.07) is 10.7. The van der Waals surface area contributed by atoms with Crippen molar-refractivity contribution in [2.45, 2.75) is 0 Å². The van der Waals surface area contributed by atoms with E-state index in [2.05, 4.69) is 15.3 Å². The molecule has 4 nitrogen and oxygen atoms in total. The molecule has 0 amide bonds. The summed E-state index contributed by atoms with van der Waals surface area (Å²) in [6.07, 6.45) is 1.65. The second-order valence-corrected chi connectivity index (χ2v) is 5.17. The van der Waals surface area contributed by atoms with Crippen LogP contribution in [0, 0.1) is 0 Å². The molecule has 0 saturated carbocycles. The van der Waals surface area contributed by atoms with Crippen molar-refractivity contribution in [2.75, 3.05) is 5.32 Å². The van der Waals surface area contributed by atoms with Gasteiger partial charge < -0.3 is 5.32 Å². The highest BCUT2D eigenvalue weighted by Crippen LogP contribution is 2.26. The van der Waals surface area contributed by atoms with Gasteiger partial charge in [0.05, 0.1) is 16.1 Å². The molecule has 0 radical (unpaired) electrons. The zero-order valence-electron chi connectivity index (χ0n) is 9.63. The van der Waals surface area contributed by atoms with Crippen molar-refractivity contribution in [2.24, 2.45) is 0 Å². The zero-order chi connectivity index (χ0) is 13.2. The van der Waals surface area contributed by atoms with Crippen molar-refractivity contribution < 1.29 is 0 Å². The molecule has 3 aromatic rings. The maximum atomic E-state index is 11.9. The van der Waals surface area contributed by atoms with Gasteiger partial charge in [0.2, 0.25) is 0 Å². The maximum Gasteiger partial charge on any atom is 0.282 e. The fraction of sp³-hybridized carbons (Fsp3) is 0. The molecule has 3 rings (SSSR count). The largest absolute Gasteiger partial charge is 0.330 e. The number of para-hydroxylation sites is 1. The Labute approximate surface area is 117 Å². The van der Waals surface area contributed by atoms with Crippen molar-refractivity contribution in [3.63, 3.8) is 0 Å². The van der Waals surface area contributed by atoms with Crippen LogP contribution < -0.4 is 10.9 Å². The van der Waals surface area contributed by atoms with Gasteiger partial charge in [-0.05, 0) is 24.3 Å². The average Bonchev–Trinajstić information content (AvgIpc) is 2.42. The van der Waals surface area contributed by atoms with Gasteiger partial charge in [-0.3, -0.25) is 4.79 Å². The second-order valence-electron chi connectivity index (χ2n) is 3.79. The van der Waals surface area contributed by atoms with Crippen LogP contribution in [0.3, 0.4) is 0 Å². The molecule has 0 bridgehead atoms. The SMILES string of the molecule is O=c1nc(Nc2ccccc2Cl)sc2ncccc12. The van der Waals surface area contributed by atoms with Gasteiger partial charge in [0, 0.05) is 6.20 Å². The number of hydrogen-bond acceptors (Lipinski definition) is 5. The molecule has 0 aliphatic heterocycles. The van der Waals surface area contributed by atoms with E-state index >= 15 is 0 Å². The van der Waals surface area contributed by atoms with Crippen LogP contribution in [0.4, 0.5) is 10.8 Å². The minimum atomic E-state index is -0.295. The first-order valence-electron chi connectivity index (χ1n) is 5.51. The summed E-state index contributed by atoms with van der Waals surface area (Å²) in [5.41, 5.74) is 0.416. The van der Waals surface area contributed by atoms with Crippen molar-refractivity contribution in [3.8, 4) is 0 Å². The second kappa shape index (κ2) is 4.95. The number of hydrogen-bond donors (Lipinski definition) is 1. The Morgan fingerprint density at radius 2 is 2.00 bits per heavy atom. The minimum Gasteiger partial charge on any atom is -0.330 e. The highest BCUT2D eigenvalue weighted by molar-refractivity contribution is 7.21. The molecule has 6 heteroatoms. The molecule has 1 N–H and O–H groups in total. The lowest BCUT2D eigenvalue weighted by atomic mass is 10.3. The number of halogens is 1. The number of aromatic nitrogens is 2. The normalized spacial score (nSPS) is 10.6. The molecule has 0 unspecified atom stereocenters. The Kier molecular flexibility index (Phi) is 3.15. The molecule has 19 heavy (non-hydrogen) atoms. The summed E-state index contributed by atoms with van der Waals surface area (Å²) < 4.78 is 0. The van der Waals surface area contributed by atoms with Crippen LogP contribution in [-0.2, 0) is 0 Å². The topological polar surface area (TPSA) is 54.9 Å². The van der Waals surface area contributed by atoms with E-state index < -0.39 is 0 Å². The van der Waals surface area contributed by atoms with E-state index in [-0.39, 0.29) is 5.56 Å². The molecule has 1 aromatic carbocycles. The third-order valence-corrected chi connectivity index (χ3v) is 3.75. The predicted molar refractivity (Wildman–Crippen MR) is 78.4 cm³/mol. The molecule has 0 fully saturated rings. The van der Waals surface area contributed by atoms with E-state index in [4.69, 9.17) is 11.6 Å². The van der Waals surface area contributed by atoms with Gasteiger partial charge >= 0.3 is 0 Å². The number of pyridine rings is 1. The minimum absolute atomic E-state index is 0.295.